The van der Waals surface area contributed by atoms with Crippen molar-refractivity contribution in [1.82, 2.24) is 0 Å². The molecule has 2 saturated heterocycles. The van der Waals surface area contributed by atoms with Crippen molar-refractivity contribution in [2.45, 2.75) is 34.7 Å². The molecule has 0 radical (unpaired) electrons. The number of nitrogens with zero attached hydrogens (tertiary/aromatic N) is 3. The van der Waals surface area contributed by atoms with E-state index in [9.17, 15) is 10.3 Å². The average molecular weight is 474 g/mol. The number of fused-ring (bicyclic) bond motifs is 1. The molecule has 2 aliphatic rings. The summed E-state index contributed by atoms with van der Waals surface area (Å²) in [6.07, 6.45) is -1.52. The number of azide groups is 1. The van der Waals surface area contributed by atoms with Crippen molar-refractivity contribution in [3.05, 3.63) is 70.6 Å². The van der Waals surface area contributed by atoms with E-state index in [0.29, 0.717) is 12.4 Å². The van der Waals surface area contributed by atoms with Crippen LogP contribution in [0.2, 0.25) is 0 Å². The van der Waals surface area contributed by atoms with Gasteiger partial charge in [0.05, 0.1) is 39.1 Å². The molecule has 0 spiro atoms. The van der Waals surface area contributed by atoms with Gasteiger partial charge in [-0.05, 0) is 22.6 Å². The van der Waals surface area contributed by atoms with Crippen molar-refractivity contribution >= 4 is 16.9 Å². The molecule has 176 valence electrons. The van der Waals surface area contributed by atoms with E-state index in [-0.39, 0.29) is 11.9 Å². The summed E-state index contributed by atoms with van der Waals surface area (Å²) in [4.78, 5) is 16.0. The van der Waals surface area contributed by atoms with E-state index in [0.717, 1.165) is 11.3 Å². The summed E-state index contributed by atoms with van der Waals surface area (Å²) < 4.78 is 28.4. The maximum atomic E-state index is 11.7. The quantitative estimate of drug-likeness (QED) is 0.215. The number of methoxy groups -OCH3 is 2. The first kappa shape index (κ1) is 23.4. The van der Waals surface area contributed by atoms with Crippen LogP contribution in [0.4, 0.5) is 0 Å². The second-order valence-corrected chi connectivity index (χ2v) is 10.2. The summed E-state index contributed by atoms with van der Waals surface area (Å²) in [6.45, 7) is 0.246. The van der Waals surface area contributed by atoms with Crippen LogP contribution in [0.25, 0.3) is 10.4 Å². The minimum absolute atomic E-state index is 0.0189. The second kappa shape index (κ2) is 10.9. The summed E-state index contributed by atoms with van der Waals surface area (Å²) in [5.41, 5.74) is 10.1. The predicted molar refractivity (Wildman–Crippen MR) is 124 cm³/mol. The van der Waals surface area contributed by atoms with Crippen LogP contribution in [-0.4, -0.2) is 62.7 Å². The standard InChI is InChI=1S/C23H27N3O6S/c1-28-16-10-8-15(9-11-16)23-31-12-19-22(32-23)21(25-26-24)18(30-13-20(27)29-2)14-33(19)17-6-4-3-5-7-17/h3-11,18-19,21-23,33H,12-14H2,1-2H3/t18-,19+,21-,22-,23?/m0/s1. The Kier molecular flexibility index (Phi) is 7.74. The molecule has 0 aromatic heterocycles. The van der Waals surface area contributed by atoms with Crippen molar-refractivity contribution in [1.29, 1.82) is 0 Å². The van der Waals surface area contributed by atoms with Gasteiger partial charge in [-0.25, -0.2) is 15.7 Å². The van der Waals surface area contributed by atoms with Gasteiger partial charge in [0, 0.05) is 21.5 Å². The van der Waals surface area contributed by atoms with Gasteiger partial charge in [0.2, 0.25) is 0 Å². The van der Waals surface area contributed by atoms with Crippen LogP contribution in [-0.2, 0) is 23.7 Å². The van der Waals surface area contributed by atoms with Crippen molar-refractivity contribution in [2.24, 2.45) is 5.11 Å². The van der Waals surface area contributed by atoms with Gasteiger partial charge in [0.15, 0.2) is 6.29 Å². The lowest BCUT2D eigenvalue weighted by molar-refractivity contribution is -0.226. The molecule has 2 fully saturated rings. The number of hydrogen-bond donors (Lipinski definition) is 1. The zero-order chi connectivity index (χ0) is 23.2. The molecule has 2 aliphatic heterocycles. The lowest BCUT2D eigenvalue weighted by atomic mass is 10.0. The maximum Gasteiger partial charge on any atom is 0.331 e. The Morgan fingerprint density at radius 2 is 1.94 bits per heavy atom. The Bertz CT molecular complexity index is 985. The number of ether oxygens (including phenoxy) is 5. The third kappa shape index (κ3) is 5.26. The molecule has 0 N–H and O–H groups in total. The van der Waals surface area contributed by atoms with Crippen LogP contribution in [0.3, 0.4) is 0 Å². The second-order valence-electron chi connectivity index (χ2n) is 7.72. The van der Waals surface area contributed by atoms with E-state index in [1.54, 1.807) is 7.11 Å². The van der Waals surface area contributed by atoms with E-state index in [1.165, 1.54) is 12.0 Å². The molecule has 9 nitrogen and oxygen atoms in total. The summed E-state index contributed by atoms with van der Waals surface area (Å²) in [7, 11) is 2.16. The normalized spacial score (nSPS) is 29.9. The van der Waals surface area contributed by atoms with Crippen LogP contribution in [0.5, 0.6) is 5.75 Å². The topological polar surface area (TPSA) is 112 Å². The smallest absolute Gasteiger partial charge is 0.331 e. The summed E-state index contributed by atoms with van der Waals surface area (Å²) >= 11 is 0. The third-order valence-electron chi connectivity index (χ3n) is 5.88. The van der Waals surface area contributed by atoms with Crippen LogP contribution in [0.1, 0.15) is 11.9 Å². The molecule has 33 heavy (non-hydrogen) atoms. The Labute approximate surface area is 194 Å². The highest BCUT2D eigenvalue weighted by molar-refractivity contribution is 8.17. The lowest BCUT2D eigenvalue weighted by Gasteiger charge is -2.50. The summed E-state index contributed by atoms with van der Waals surface area (Å²) in [5.74, 6) is 0.881. The predicted octanol–water partition coefficient (Wildman–Crippen LogP) is 3.79. The van der Waals surface area contributed by atoms with Gasteiger partial charge in [-0.1, -0.05) is 47.6 Å². The number of carbonyl (C=O) groups is 1. The van der Waals surface area contributed by atoms with Crippen LogP contribution in [0.15, 0.2) is 64.6 Å². The van der Waals surface area contributed by atoms with E-state index in [1.807, 2.05) is 42.5 Å². The maximum absolute atomic E-state index is 11.7. The number of hydrogen-bond acceptors (Lipinski definition) is 7. The Morgan fingerprint density at radius 3 is 2.61 bits per heavy atom. The fourth-order valence-corrected chi connectivity index (χ4v) is 7.21. The molecule has 2 unspecified atom stereocenters. The van der Waals surface area contributed by atoms with Crippen molar-refractivity contribution in [3.8, 4) is 5.75 Å². The highest BCUT2D eigenvalue weighted by Crippen LogP contribution is 2.52. The summed E-state index contributed by atoms with van der Waals surface area (Å²) in [6, 6.07) is 17.0. The first-order valence-corrected chi connectivity index (χ1v) is 12.2. The van der Waals surface area contributed by atoms with Crippen molar-refractivity contribution < 1.29 is 28.5 Å². The zero-order valence-electron chi connectivity index (χ0n) is 18.4. The van der Waals surface area contributed by atoms with Crippen LogP contribution >= 0.6 is 10.9 Å². The number of thiol groups is 1. The number of benzene rings is 2. The lowest BCUT2D eigenvalue weighted by Crippen LogP contribution is -2.56. The van der Waals surface area contributed by atoms with Crippen molar-refractivity contribution in [2.75, 3.05) is 33.2 Å². The molecular formula is C23H27N3O6S. The number of rotatable bonds is 7. The minimum atomic E-state index is -0.762. The van der Waals surface area contributed by atoms with Gasteiger partial charge in [-0.2, -0.15) is 0 Å². The Hall–Kier alpha value is -2.75. The number of carbonyl (C=O) groups excluding carboxylic acids is 1. The average Bonchev–Trinajstić information content (AvgIpc) is 2.88. The largest absolute Gasteiger partial charge is 0.497 e. The van der Waals surface area contributed by atoms with Gasteiger partial charge in [-0.3, -0.25) is 0 Å². The van der Waals surface area contributed by atoms with Gasteiger partial charge >= 0.3 is 5.97 Å². The van der Waals surface area contributed by atoms with Gasteiger partial charge in [0.1, 0.15) is 12.4 Å². The molecule has 4 rings (SSSR count). The van der Waals surface area contributed by atoms with Gasteiger partial charge in [-0.15, -0.1) is 0 Å². The molecular weight excluding hydrogens is 446 g/mol. The molecule has 2 aromatic rings. The first-order valence-electron chi connectivity index (χ1n) is 10.6. The molecule has 0 saturated carbocycles. The number of esters is 1. The first-order chi connectivity index (χ1) is 16.1. The molecule has 10 heteroatoms. The highest BCUT2D eigenvalue weighted by atomic mass is 32.2. The molecule has 0 bridgehead atoms. The third-order valence-corrected chi connectivity index (χ3v) is 8.83. The van der Waals surface area contributed by atoms with E-state index in [2.05, 4.69) is 22.2 Å². The molecule has 2 aromatic carbocycles. The van der Waals surface area contributed by atoms with Crippen molar-refractivity contribution in [3.63, 3.8) is 0 Å². The molecule has 0 aliphatic carbocycles. The Balaban J connectivity index is 1.63. The fraction of sp³-hybridized carbons (Fsp3) is 0.435. The van der Waals surface area contributed by atoms with E-state index >= 15 is 0 Å². The highest BCUT2D eigenvalue weighted by Gasteiger charge is 2.48. The van der Waals surface area contributed by atoms with E-state index in [4.69, 9.17) is 23.7 Å². The minimum Gasteiger partial charge on any atom is -0.497 e. The molecule has 6 atom stereocenters. The monoisotopic (exact) mass is 473 g/mol. The molecule has 0 amide bonds. The van der Waals surface area contributed by atoms with Gasteiger partial charge in [0.25, 0.3) is 0 Å². The van der Waals surface area contributed by atoms with E-state index < -0.39 is 41.4 Å². The Morgan fingerprint density at radius 1 is 1.18 bits per heavy atom. The SMILES string of the molecule is COC(=O)CO[C@H]1C[SH](c2ccccc2)[C@@H]2COC(c3ccc(OC)cc3)O[C@@H]2[C@H]1N=[N+]=[N-]. The van der Waals surface area contributed by atoms with Gasteiger partial charge < -0.3 is 23.7 Å². The summed E-state index contributed by atoms with van der Waals surface area (Å²) in [5, 5.41) is 4.07. The fourth-order valence-electron chi connectivity index (χ4n) is 4.21. The zero-order valence-corrected chi connectivity index (χ0v) is 19.3. The molecule has 2 heterocycles. The van der Waals surface area contributed by atoms with Crippen LogP contribution < -0.4 is 4.74 Å². The van der Waals surface area contributed by atoms with Crippen LogP contribution in [0, 0.1) is 0 Å².